The Morgan fingerprint density at radius 3 is 2.88 bits per heavy atom. The quantitative estimate of drug-likeness (QED) is 0.873. The van der Waals surface area contributed by atoms with Gasteiger partial charge < -0.3 is 11.1 Å². The molecule has 3 N–H and O–H groups in total. The number of nitrogens with two attached hydrogens (primary N) is 1. The normalized spacial score (nSPS) is 10.2. The number of para-hydroxylation sites is 1. The van der Waals surface area contributed by atoms with Crippen LogP contribution in [0.4, 0.5) is 5.69 Å². The molecule has 88 valence electrons. The van der Waals surface area contributed by atoms with Crippen LogP contribution in [0, 0.1) is 6.92 Å². The first kappa shape index (κ1) is 11.8. The summed E-state index contributed by atoms with van der Waals surface area (Å²) in [5, 5.41) is 2.86. The van der Waals surface area contributed by atoms with E-state index in [4.69, 9.17) is 5.73 Å². The van der Waals surface area contributed by atoms with Gasteiger partial charge in [0.1, 0.15) is 4.88 Å². The molecule has 0 saturated heterocycles. The van der Waals surface area contributed by atoms with Crippen molar-refractivity contribution in [2.45, 2.75) is 13.5 Å². The molecule has 2 rings (SSSR count). The number of carbonyl (C=O) groups excluding carboxylic acids is 1. The van der Waals surface area contributed by atoms with Crippen molar-refractivity contribution in [2.75, 3.05) is 5.32 Å². The minimum Gasteiger partial charge on any atom is -0.326 e. The van der Waals surface area contributed by atoms with Crippen LogP contribution in [0.15, 0.2) is 29.8 Å². The fourth-order valence-electron chi connectivity index (χ4n) is 1.52. The van der Waals surface area contributed by atoms with E-state index in [2.05, 4.69) is 10.3 Å². The molecular formula is C12H13N3OS. The zero-order valence-corrected chi connectivity index (χ0v) is 10.3. The Morgan fingerprint density at radius 2 is 2.24 bits per heavy atom. The third-order valence-electron chi connectivity index (χ3n) is 2.44. The van der Waals surface area contributed by atoms with Crippen molar-refractivity contribution in [3.63, 3.8) is 0 Å². The van der Waals surface area contributed by atoms with Crippen LogP contribution in [0.3, 0.4) is 0 Å². The number of hydrogen-bond donors (Lipinski definition) is 2. The van der Waals surface area contributed by atoms with Gasteiger partial charge in [0.25, 0.3) is 5.91 Å². The average molecular weight is 247 g/mol. The summed E-state index contributed by atoms with van der Waals surface area (Å²) in [6.45, 7) is 2.22. The van der Waals surface area contributed by atoms with Crippen LogP contribution < -0.4 is 11.1 Å². The Balaban J connectivity index is 2.22. The van der Waals surface area contributed by atoms with E-state index in [-0.39, 0.29) is 5.91 Å². The lowest BCUT2D eigenvalue weighted by molar-refractivity contribution is 0.102. The first-order chi connectivity index (χ1) is 8.22. The molecule has 0 spiro atoms. The third-order valence-corrected chi connectivity index (χ3v) is 3.36. The van der Waals surface area contributed by atoms with E-state index in [1.54, 1.807) is 5.51 Å². The summed E-state index contributed by atoms with van der Waals surface area (Å²) in [6, 6.07) is 7.51. The van der Waals surface area contributed by atoms with Crippen molar-refractivity contribution in [2.24, 2.45) is 5.73 Å². The molecule has 1 heterocycles. The number of rotatable bonds is 3. The van der Waals surface area contributed by atoms with E-state index in [0.717, 1.165) is 16.9 Å². The number of benzene rings is 1. The van der Waals surface area contributed by atoms with Crippen LogP contribution >= 0.6 is 11.3 Å². The van der Waals surface area contributed by atoms with Crippen molar-refractivity contribution < 1.29 is 4.79 Å². The maximum atomic E-state index is 12.0. The first-order valence-electron chi connectivity index (χ1n) is 5.21. The van der Waals surface area contributed by atoms with E-state index in [1.165, 1.54) is 11.3 Å². The van der Waals surface area contributed by atoms with Gasteiger partial charge in [0.2, 0.25) is 0 Å². The smallest absolute Gasteiger partial charge is 0.267 e. The lowest BCUT2D eigenvalue weighted by atomic mass is 10.2. The van der Waals surface area contributed by atoms with E-state index >= 15 is 0 Å². The zero-order valence-electron chi connectivity index (χ0n) is 9.43. The second-order valence-corrected chi connectivity index (χ2v) is 4.44. The molecular weight excluding hydrogens is 234 g/mol. The van der Waals surface area contributed by atoms with Gasteiger partial charge in [0.05, 0.1) is 11.2 Å². The molecule has 17 heavy (non-hydrogen) atoms. The molecule has 0 saturated carbocycles. The Hall–Kier alpha value is -1.72. The van der Waals surface area contributed by atoms with E-state index < -0.39 is 0 Å². The molecule has 0 radical (unpaired) electrons. The first-order valence-corrected chi connectivity index (χ1v) is 6.09. The number of aromatic nitrogens is 1. The molecule has 5 heteroatoms. The molecule has 0 aliphatic rings. The molecule has 0 aliphatic heterocycles. The highest BCUT2D eigenvalue weighted by atomic mass is 32.1. The molecule has 1 aromatic carbocycles. The summed E-state index contributed by atoms with van der Waals surface area (Å²) < 4.78 is 0. The number of aryl methyl sites for hydroxylation is 1. The fourth-order valence-corrected chi connectivity index (χ4v) is 2.22. The molecule has 0 aliphatic carbocycles. The van der Waals surface area contributed by atoms with Crippen LogP contribution in [0.1, 0.15) is 20.9 Å². The molecule has 4 nitrogen and oxygen atoms in total. The lowest BCUT2D eigenvalue weighted by Gasteiger charge is -2.08. The maximum Gasteiger partial charge on any atom is 0.267 e. The van der Waals surface area contributed by atoms with E-state index in [1.807, 2.05) is 31.2 Å². The SMILES string of the molecule is Cc1ncsc1C(=O)Nc1ccccc1CN. The zero-order chi connectivity index (χ0) is 12.3. The summed E-state index contributed by atoms with van der Waals surface area (Å²) in [6.07, 6.45) is 0. The lowest BCUT2D eigenvalue weighted by Crippen LogP contribution is -2.14. The predicted molar refractivity (Wildman–Crippen MR) is 69.1 cm³/mol. The number of thiazole rings is 1. The Bertz CT molecular complexity index is 536. The monoisotopic (exact) mass is 247 g/mol. The number of hydrogen-bond acceptors (Lipinski definition) is 4. The van der Waals surface area contributed by atoms with Gasteiger partial charge in [-0.05, 0) is 18.6 Å². The van der Waals surface area contributed by atoms with Gasteiger partial charge in [-0.3, -0.25) is 4.79 Å². The average Bonchev–Trinajstić information content (AvgIpc) is 2.76. The topological polar surface area (TPSA) is 68.0 Å². The van der Waals surface area contributed by atoms with Crippen molar-refractivity contribution in [3.8, 4) is 0 Å². The van der Waals surface area contributed by atoms with Crippen molar-refractivity contribution in [3.05, 3.63) is 45.9 Å². The Labute approximate surface area is 103 Å². The van der Waals surface area contributed by atoms with Crippen LogP contribution in [0.2, 0.25) is 0 Å². The highest BCUT2D eigenvalue weighted by Crippen LogP contribution is 2.18. The largest absolute Gasteiger partial charge is 0.326 e. The Kier molecular flexibility index (Phi) is 3.51. The minimum absolute atomic E-state index is 0.133. The summed E-state index contributed by atoms with van der Waals surface area (Å²) in [5.74, 6) is -0.133. The molecule has 1 aromatic heterocycles. The maximum absolute atomic E-state index is 12.0. The van der Waals surface area contributed by atoms with Gasteiger partial charge in [0, 0.05) is 12.2 Å². The second-order valence-electron chi connectivity index (χ2n) is 3.58. The number of amides is 1. The summed E-state index contributed by atoms with van der Waals surface area (Å²) in [7, 11) is 0. The van der Waals surface area contributed by atoms with Gasteiger partial charge in [0.15, 0.2) is 0 Å². The van der Waals surface area contributed by atoms with Gasteiger partial charge in [-0.15, -0.1) is 11.3 Å². The van der Waals surface area contributed by atoms with Gasteiger partial charge in [-0.25, -0.2) is 4.98 Å². The third kappa shape index (κ3) is 2.51. The summed E-state index contributed by atoms with van der Waals surface area (Å²) in [4.78, 5) is 16.7. The van der Waals surface area contributed by atoms with Gasteiger partial charge >= 0.3 is 0 Å². The minimum atomic E-state index is -0.133. The van der Waals surface area contributed by atoms with Crippen molar-refractivity contribution in [1.82, 2.24) is 4.98 Å². The molecule has 0 unspecified atom stereocenters. The van der Waals surface area contributed by atoms with Gasteiger partial charge in [-0.2, -0.15) is 0 Å². The molecule has 2 aromatic rings. The van der Waals surface area contributed by atoms with Crippen LogP contribution in [-0.4, -0.2) is 10.9 Å². The molecule has 0 atom stereocenters. The van der Waals surface area contributed by atoms with Crippen molar-refractivity contribution in [1.29, 1.82) is 0 Å². The van der Waals surface area contributed by atoms with Crippen molar-refractivity contribution >= 4 is 22.9 Å². The number of nitrogens with zero attached hydrogens (tertiary/aromatic N) is 1. The second kappa shape index (κ2) is 5.07. The van der Waals surface area contributed by atoms with E-state index in [0.29, 0.717) is 11.4 Å². The number of nitrogens with one attached hydrogen (secondary N) is 1. The Morgan fingerprint density at radius 1 is 1.47 bits per heavy atom. The number of anilines is 1. The van der Waals surface area contributed by atoms with Crippen LogP contribution in [0.25, 0.3) is 0 Å². The molecule has 0 fully saturated rings. The standard InChI is InChI=1S/C12H13N3OS/c1-8-11(17-7-14-8)12(16)15-10-5-3-2-4-9(10)6-13/h2-5,7H,6,13H2,1H3,(H,15,16). The molecule has 0 bridgehead atoms. The highest BCUT2D eigenvalue weighted by molar-refractivity contribution is 7.12. The molecule has 1 amide bonds. The fraction of sp³-hybridized carbons (Fsp3) is 0.167. The number of carbonyl (C=O) groups is 1. The summed E-state index contributed by atoms with van der Waals surface area (Å²) in [5.41, 5.74) is 9.70. The van der Waals surface area contributed by atoms with Crippen LogP contribution in [0.5, 0.6) is 0 Å². The summed E-state index contributed by atoms with van der Waals surface area (Å²) >= 11 is 1.34. The van der Waals surface area contributed by atoms with Crippen LogP contribution in [-0.2, 0) is 6.54 Å². The predicted octanol–water partition coefficient (Wildman–Crippen LogP) is 2.16. The van der Waals surface area contributed by atoms with Gasteiger partial charge in [-0.1, -0.05) is 18.2 Å². The van der Waals surface area contributed by atoms with E-state index in [9.17, 15) is 4.79 Å². The highest BCUT2D eigenvalue weighted by Gasteiger charge is 2.12.